The van der Waals surface area contributed by atoms with E-state index in [4.69, 9.17) is 0 Å². The van der Waals surface area contributed by atoms with Crippen LogP contribution >= 0.6 is 0 Å². The molecule has 5 nitrogen and oxygen atoms in total. The maximum Gasteiger partial charge on any atom is 0.227 e. The quantitative estimate of drug-likeness (QED) is 0.553. The molecule has 122 valence electrons. The highest BCUT2D eigenvalue weighted by atomic mass is 16.2. The Balaban J connectivity index is 2.58. The molecule has 0 atom stereocenters. The minimum atomic E-state index is -0.492. The molecule has 0 aliphatic heterocycles. The maximum absolute atomic E-state index is 11.8. The third-order valence-corrected chi connectivity index (χ3v) is 3.71. The minimum Gasteiger partial charge on any atom is -0.359 e. The highest BCUT2D eigenvalue weighted by molar-refractivity contribution is 5.84. The van der Waals surface area contributed by atoms with Crippen LogP contribution in [0.25, 0.3) is 0 Å². The number of aryl methyl sites for hydroxylation is 1. The SMILES string of the molecule is CCc1ccccc1CNC(=NC)NCC(C)(C)C(=O)NC. The Morgan fingerprint density at radius 3 is 2.36 bits per heavy atom. The average molecular weight is 304 g/mol. The van der Waals surface area contributed by atoms with Gasteiger partial charge in [-0.1, -0.05) is 31.2 Å². The van der Waals surface area contributed by atoms with E-state index in [-0.39, 0.29) is 5.91 Å². The first-order chi connectivity index (χ1) is 10.4. The van der Waals surface area contributed by atoms with E-state index in [1.807, 2.05) is 19.9 Å². The maximum atomic E-state index is 11.8. The Bertz CT molecular complexity index is 523. The minimum absolute atomic E-state index is 0.00628. The Morgan fingerprint density at radius 2 is 1.82 bits per heavy atom. The molecule has 0 saturated heterocycles. The van der Waals surface area contributed by atoms with Crippen LogP contribution in [-0.4, -0.2) is 32.5 Å². The van der Waals surface area contributed by atoms with Crippen molar-refractivity contribution >= 4 is 11.9 Å². The first-order valence-electron chi connectivity index (χ1n) is 7.68. The topological polar surface area (TPSA) is 65.5 Å². The van der Waals surface area contributed by atoms with Crippen LogP contribution in [0, 0.1) is 5.41 Å². The molecule has 0 aromatic heterocycles. The van der Waals surface area contributed by atoms with Crippen molar-refractivity contribution in [3.8, 4) is 0 Å². The lowest BCUT2D eigenvalue weighted by Crippen LogP contribution is -2.47. The number of amides is 1. The third-order valence-electron chi connectivity index (χ3n) is 3.71. The Labute approximate surface area is 133 Å². The van der Waals surface area contributed by atoms with E-state index in [2.05, 4.69) is 46.1 Å². The van der Waals surface area contributed by atoms with Gasteiger partial charge in [0.05, 0.1) is 5.41 Å². The van der Waals surface area contributed by atoms with Crippen LogP contribution in [0.1, 0.15) is 31.9 Å². The van der Waals surface area contributed by atoms with Crippen molar-refractivity contribution in [3.05, 3.63) is 35.4 Å². The number of carbonyl (C=O) groups excluding carboxylic acids is 1. The molecular formula is C17H28N4O. The summed E-state index contributed by atoms with van der Waals surface area (Å²) in [5, 5.41) is 9.19. The fourth-order valence-electron chi connectivity index (χ4n) is 2.20. The average Bonchev–Trinajstić information content (AvgIpc) is 2.54. The van der Waals surface area contributed by atoms with Gasteiger partial charge in [-0.05, 0) is 31.4 Å². The summed E-state index contributed by atoms with van der Waals surface area (Å²) < 4.78 is 0. The summed E-state index contributed by atoms with van der Waals surface area (Å²) in [6.07, 6.45) is 1.01. The van der Waals surface area contributed by atoms with Crippen molar-refractivity contribution < 1.29 is 4.79 Å². The lowest BCUT2D eigenvalue weighted by molar-refractivity contribution is -0.128. The predicted octanol–water partition coefficient (Wildman–Crippen LogP) is 1.69. The van der Waals surface area contributed by atoms with Crippen LogP contribution in [0.3, 0.4) is 0 Å². The normalized spacial score (nSPS) is 12.0. The van der Waals surface area contributed by atoms with E-state index in [1.54, 1.807) is 14.1 Å². The van der Waals surface area contributed by atoms with Gasteiger partial charge in [0.2, 0.25) is 5.91 Å². The second-order valence-electron chi connectivity index (χ2n) is 5.86. The second-order valence-corrected chi connectivity index (χ2v) is 5.86. The predicted molar refractivity (Wildman–Crippen MR) is 91.9 cm³/mol. The highest BCUT2D eigenvalue weighted by Gasteiger charge is 2.26. The second kappa shape index (κ2) is 8.41. The number of benzene rings is 1. The Hall–Kier alpha value is -2.04. The van der Waals surface area contributed by atoms with Gasteiger partial charge in [-0.2, -0.15) is 0 Å². The van der Waals surface area contributed by atoms with E-state index < -0.39 is 5.41 Å². The zero-order valence-corrected chi connectivity index (χ0v) is 14.3. The van der Waals surface area contributed by atoms with Gasteiger partial charge in [0.1, 0.15) is 0 Å². The van der Waals surface area contributed by atoms with Crippen molar-refractivity contribution in [2.24, 2.45) is 10.4 Å². The molecule has 1 aromatic rings. The van der Waals surface area contributed by atoms with E-state index >= 15 is 0 Å². The molecule has 0 heterocycles. The van der Waals surface area contributed by atoms with Gasteiger partial charge in [-0.3, -0.25) is 9.79 Å². The molecule has 0 saturated carbocycles. The lowest BCUT2D eigenvalue weighted by Gasteiger charge is -2.24. The molecule has 1 rings (SSSR count). The van der Waals surface area contributed by atoms with E-state index in [0.29, 0.717) is 19.0 Å². The standard InChI is InChI=1S/C17H28N4O/c1-6-13-9-7-8-10-14(13)11-20-16(19-5)21-12-17(2,3)15(22)18-4/h7-10H,6,11-12H2,1-5H3,(H,18,22)(H2,19,20,21). The number of carbonyl (C=O) groups is 1. The number of hydrogen-bond donors (Lipinski definition) is 3. The van der Waals surface area contributed by atoms with E-state index in [0.717, 1.165) is 6.42 Å². The highest BCUT2D eigenvalue weighted by Crippen LogP contribution is 2.13. The van der Waals surface area contributed by atoms with Crippen molar-refractivity contribution in [1.82, 2.24) is 16.0 Å². The molecule has 5 heteroatoms. The molecule has 0 aliphatic rings. The zero-order valence-electron chi connectivity index (χ0n) is 14.3. The van der Waals surface area contributed by atoms with Gasteiger partial charge < -0.3 is 16.0 Å². The molecule has 0 unspecified atom stereocenters. The van der Waals surface area contributed by atoms with Crippen LogP contribution in [0.15, 0.2) is 29.3 Å². The van der Waals surface area contributed by atoms with E-state index in [1.165, 1.54) is 11.1 Å². The van der Waals surface area contributed by atoms with Crippen LogP contribution in [0.5, 0.6) is 0 Å². The summed E-state index contributed by atoms with van der Waals surface area (Å²) in [6.45, 7) is 7.18. The van der Waals surface area contributed by atoms with Gasteiger partial charge in [-0.25, -0.2) is 0 Å². The lowest BCUT2D eigenvalue weighted by atomic mass is 9.92. The summed E-state index contributed by atoms with van der Waals surface area (Å²) in [6, 6.07) is 8.36. The van der Waals surface area contributed by atoms with Gasteiger partial charge in [0, 0.05) is 27.2 Å². The number of nitrogens with zero attached hydrogens (tertiary/aromatic N) is 1. The molecule has 0 aliphatic carbocycles. The summed E-state index contributed by atoms with van der Waals surface area (Å²) >= 11 is 0. The molecule has 0 spiro atoms. The van der Waals surface area contributed by atoms with Crippen LogP contribution in [0.4, 0.5) is 0 Å². The summed E-state index contributed by atoms with van der Waals surface area (Å²) in [5.41, 5.74) is 2.10. The Morgan fingerprint density at radius 1 is 1.18 bits per heavy atom. The van der Waals surface area contributed by atoms with Gasteiger partial charge in [-0.15, -0.1) is 0 Å². The molecule has 0 fully saturated rings. The molecule has 3 N–H and O–H groups in total. The van der Waals surface area contributed by atoms with Crippen molar-refractivity contribution in [2.45, 2.75) is 33.7 Å². The summed E-state index contributed by atoms with van der Waals surface area (Å²) in [7, 11) is 3.38. The number of aliphatic imine (C=N–C) groups is 1. The largest absolute Gasteiger partial charge is 0.359 e. The van der Waals surface area contributed by atoms with Crippen LogP contribution in [0.2, 0.25) is 0 Å². The third kappa shape index (κ3) is 5.06. The summed E-state index contributed by atoms with van der Waals surface area (Å²) in [5.74, 6) is 0.703. The molecule has 0 bridgehead atoms. The molecule has 1 amide bonds. The van der Waals surface area contributed by atoms with Crippen molar-refractivity contribution in [1.29, 1.82) is 0 Å². The molecular weight excluding hydrogens is 276 g/mol. The first-order valence-corrected chi connectivity index (χ1v) is 7.68. The smallest absolute Gasteiger partial charge is 0.227 e. The molecule has 0 radical (unpaired) electrons. The number of nitrogens with one attached hydrogen (secondary N) is 3. The molecule has 1 aromatic carbocycles. The van der Waals surface area contributed by atoms with Crippen molar-refractivity contribution in [3.63, 3.8) is 0 Å². The monoisotopic (exact) mass is 304 g/mol. The van der Waals surface area contributed by atoms with E-state index in [9.17, 15) is 4.79 Å². The zero-order chi connectivity index (χ0) is 16.6. The molecule has 22 heavy (non-hydrogen) atoms. The van der Waals surface area contributed by atoms with Crippen molar-refractivity contribution in [2.75, 3.05) is 20.6 Å². The summed E-state index contributed by atoms with van der Waals surface area (Å²) in [4.78, 5) is 16.0. The number of guanidine groups is 1. The number of hydrogen-bond acceptors (Lipinski definition) is 2. The van der Waals surface area contributed by atoms with Gasteiger partial charge in [0.25, 0.3) is 0 Å². The van der Waals surface area contributed by atoms with Crippen LogP contribution in [-0.2, 0) is 17.8 Å². The fourth-order valence-corrected chi connectivity index (χ4v) is 2.20. The van der Waals surface area contributed by atoms with Gasteiger partial charge in [0.15, 0.2) is 5.96 Å². The van der Waals surface area contributed by atoms with Gasteiger partial charge >= 0.3 is 0 Å². The van der Waals surface area contributed by atoms with Crippen LogP contribution < -0.4 is 16.0 Å². The number of rotatable bonds is 6. The Kier molecular flexibility index (Phi) is 6.89. The fraction of sp³-hybridized carbons (Fsp3) is 0.529. The first kappa shape index (κ1) is 18.0.